The lowest BCUT2D eigenvalue weighted by atomic mass is 9.67. The molecule has 0 atom stereocenters. The monoisotopic (exact) mass is 461 g/mol. The average molecular weight is 462 g/mol. The molecule has 35 heavy (non-hydrogen) atoms. The highest BCUT2D eigenvalue weighted by molar-refractivity contribution is 5.70. The molecule has 0 unspecified atom stereocenters. The van der Waals surface area contributed by atoms with Crippen molar-refractivity contribution in [3.05, 3.63) is 132 Å². The van der Waals surface area contributed by atoms with Gasteiger partial charge in [-0.3, -0.25) is 0 Å². The number of hydrogen-bond acceptors (Lipinski definition) is 1. The van der Waals surface area contributed by atoms with Crippen LogP contribution in [-0.2, 0) is 5.54 Å². The Balaban J connectivity index is 2.10. The topological polar surface area (TPSA) is 3.24 Å². The molecule has 1 nitrogen and oxygen atoms in total. The third-order valence-electron chi connectivity index (χ3n) is 7.21. The van der Waals surface area contributed by atoms with Crippen LogP contribution in [0.3, 0.4) is 0 Å². The van der Waals surface area contributed by atoms with Gasteiger partial charge in [-0.05, 0) is 54.2 Å². The first kappa shape index (κ1) is 24.8. The lowest BCUT2D eigenvalue weighted by Gasteiger charge is -2.51. The summed E-state index contributed by atoms with van der Waals surface area (Å²) < 4.78 is 0. The number of unbranched alkanes of at least 4 members (excludes halogenated alkanes) is 2. The molecular formula is C34H39N. The molecule has 0 saturated heterocycles. The number of rotatable bonds is 12. The molecule has 0 aromatic heterocycles. The zero-order chi connectivity index (χ0) is 24.3. The predicted molar refractivity (Wildman–Crippen MR) is 151 cm³/mol. The van der Waals surface area contributed by atoms with Gasteiger partial charge in [-0.15, -0.1) is 0 Å². The molecule has 0 spiro atoms. The smallest absolute Gasteiger partial charge is 0.0983 e. The Morgan fingerprint density at radius 1 is 0.514 bits per heavy atom. The summed E-state index contributed by atoms with van der Waals surface area (Å²) in [5.74, 6) is 0.451. The van der Waals surface area contributed by atoms with Crippen LogP contribution in [0.1, 0.15) is 63.5 Å². The van der Waals surface area contributed by atoms with Crippen LogP contribution in [0.15, 0.2) is 121 Å². The van der Waals surface area contributed by atoms with Crippen molar-refractivity contribution >= 4 is 11.4 Å². The van der Waals surface area contributed by atoms with Gasteiger partial charge in [0.1, 0.15) is 0 Å². The maximum Gasteiger partial charge on any atom is 0.0983 e. The fourth-order valence-corrected chi connectivity index (χ4v) is 5.64. The van der Waals surface area contributed by atoms with Crippen molar-refractivity contribution in [2.24, 2.45) is 5.92 Å². The summed E-state index contributed by atoms with van der Waals surface area (Å²) in [4.78, 5) is 2.63. The van der Waals surface area contributed by atoms with E-state index < -0.39 is 0 Å². The third kappa shape index (κ3) is 5.35. The van der Waals surface area contributed by atoms with Crippen molar-refractivity contribution in [1.29, 1.82) is 0 Å². The van der Waals surface area contributed by atoms with E-state index in [1.807, 2.05) is 0 Å². The van der Waals surface area contributed by atoms with E-state index in [-0.39, 0.29) is 5.54 Å². The van der Waals surface area contributed by atoms with Gasteiger partial charge < -0.3 is 4.90 Å². The van der Waals surface area contributed by atoms with Gasteiger partial charge in [0.2, 0.25) is 0 Å². The molecule has 180 valence electrons. The molecule has 0 fully saturated rings. The molecule has 0 heterocycles. The lowest BCUT2D eigenvalue weighted by Crippen LogP contribution is -2.50. The van der Waals surface area contributed by atoms with Gasteiger partial charge in [0, 0.05) is 11.4 Å². The molecule has 4 aromatic carbocycles. The first-order chi connectivity index (χ1) is 17.3. The standard InChI is InChI=1S/C34H39N/c1-3-5-19-29(20-6-4-2)34(30-21-11-7-12-22-30,31-23-13-8-14-24-31)35(32-25-15-9-16-26-32)33-27-17-10-18-28-33/h7-18,21-29H,3-6,19-20H2,1-2H3. The van der Waals surface area contributed by atoms with E-state index in [4.69, 9.17) is 0 Å². The average Bonchev–Trinajstić information content (AvgIpc) is 2.94. The van der Waals surface area contributed by atoms with Gasteiger partial charge in [0.25, 0.3) is 0 Å². The van der Waals surface area contributed by atoms with Crippen LogP contribution in [0, 0.1) is 5.92 Å². The van der Waals surface area contributed by atoms with Crippen LogP contribution in [0.5, 0.6) is 0 Å². The molecule has 0 aliphatic heterocycles. The number of para-hydroxylation sites is 2. The van der Waals surface area contributed by atoms with E-state index in [1.54, 1.807) is 0 Å². The highest BCUT2D eigenvalue weighted by Crippen LogP contribution is 2.51. The minimum atomic E-state index is -0.338. The molecule has 0 amide bonds. The zero-order valence-electron chi connectivity index (χ0n) is 21.3. The Labute approximate surface area is 212 Å². The highest BCUT2D eigenvalue weighted by Gasteiger charge is 2.47. The van der Waals surface area contributed by atoms with Gasteiger partial charge in [0.05, 0.1) is 5.54 Å². The first-order valence-corrected chi connectivity index (χ1v) is 13.3. The largest absolute Gasteiger partial charge is 0.327 e. The van der Waals surface area contributed by atoms with E-state index in [1.165, 1.54) is 61.0 Å². The van der Waals surface area contributed by atoms with Crippen LogP contribution in [0.4, 0.5) is 11.4 Å². The van der Waals surface area contributed by atoms with E-state index in [2.05, 4.69) is 140 Å². The molecule has 4 rings (SSSR count). The summed E-state index contributed by atoms with van der Waals surface area (Å²) in [5, 5.41) is 0. The first-order valence-electron chi connectivity index (χ1n) is 13.3. The summed E-state index contributed by atoms with van der Waals surface area (Å²) in [6.07, 6.45) is 7.26. The fraction of sp³-hybridized carbons (Fsp3) is 0.294. The maximum atomic E-state index is 2.63. The minimum Gasteiger partial charge on any atom is -0.327 e. The summed E-state index contributed by atoms with van der Waals surface area (Å²) in [7, 11) is 0. The van der Waals surface area contributed by atoms with Crippen LogP contribution in [0.25, 0.3) is 0 Å². The molecular weight excluding hydrogens is 422 g/mol. The maximum absolute atomic E-state index is 2.63. The Morgan fingerprint density at radius 2 is 0.857 bits per heavy atom. The van der Waals surface area contributed by atoms with Gasteiger partial charge >= 0.3 is 0 Å². The Morgan fingerprint density at radius 3 is 1.20 bits per heavy atom. The summed E-state index contributed by atoms with van der Waals surface area (Å²) in [5.41, 5.74) is 4.83. The number of anilines is 2. The summed E-state index contributed by atoms with van der Waals surface area (Å²) in [6, 6.07) is 44.5. The molecule has 0 N–H and O–H groups in total. The highest BCUT2D eigenvalue weighted by atomic mass is 15.2. The third-order valence-corrected chi connectivity index (χ3v) is 7.21. The minimum absolute atomic E-state index is 0.338. The van der Waals surface area contributed by atoms with Crippen molar-refractivity contribution in [2.45, 2.75) is 57.9 Å². The Kier molecular flexibility index (Phi) is 8.79. The van der Waals surface area contributed by atoms with Crippen LogP contribution < -0.4 is 4.90 Å². The van der Waals surface area contributed by atoms with Crippen LogP contribution >= 0.6 is 0 Å². The van der Waals surface area contributed by atoms with Crippen LogP contribution in [-0.4, -0.2) is 0 Å². The van der Waals surface area contributed by atoms with Crippen molar-refractivity contribution in [1.82, 2.24) is 0 Å². The summed E-state index contributed by atoms with van der Waals surface area (Å²) in [6.45, 7) is 4.63. The van der Waals surface area contributed by atoms with Crippen molar-refractivity contribution in [3.8, 4) is 0 Å². The Hall–Kier alpha value is -3.32. The fourth-order valence-electron chi connectivity index (χ4n) is 5.64. The lowest BCUT2D eigenvalue weighted by molar-refractivity contribution is 0.273. The normalized spacial score (nSPS) is 11.5. The summed E-state index contributed by atoms with van der Waals surface area (Å²) >= 11 is 0. The van der Waals surface area contributed by atoms with E-state index in [0.717, 1.165) is 0 Å². The molecule has 0 aliphatic rings. The number of nitrogens with zero attached hydrogens (tertiary/aromatic N) is 1. The molecule has 0 aliphatic carbocycles. The second-order valence-electron chi connectivity index (χ2n) is 9.49. The van der Waals surface area contributed by atoms with E-state index >= 15 is 0 Å². The quantitative estimate of drug-likeness (QED) is 0.203. The Bertz CT molecular complexity index is 1020. The SMILES string of the molecule is CCCCC(CCCC)C(c1ccccc1)(c1ccccc1)N(c1ccccc1)c1ccccc1. The van der Waals surface area contributed by atoms with Gasteiger partial charge in [-0.2, -0.15) is 0 Å². The van der Waals surface area contributed by atoms with Crippen LogP contribution in [0.2, 0.25) is 0 Å². The van der Waals surface area contributed by atoms with E-state index in [9.17, 15) is 0 Å². The number of hydrogen-bond donors (Lipinski definition) is 0. The molecule has 1 heteroatoms. The number of benzene rings is 4. The molecule has 4 aromatic rings. The van der Waals surface area contributed by atoms with Gasteiger partial charge in [0.15, 0.2) is 0 Å². The van der Waals surface area contributed by atoms with Gasteiger partial charge in [-0.1, -0.05) is 137 Å². The predicted octanol–water partition coefficient (Wildman–Crippen LogP) is 9.77. The molecule has 0 saturated carbocycles. The zero-order valence-corrected chi connectivity index (χ0v) is 21.3. The van der Waals surface area contributed by atoms with Crippen molar-refractivity contribution < 1.29 is 0 Å². The van der Waals surface area contributed by atoms with E-state index in [0.29, 0.717) is 5.92 Å². The second kappa shape index (κ2) is 12.4. The van der Waals surface area contributed by atoms with Crippen molar-refractivity contribution in [3.63, 3.8) is 0 Å². The molecule has 0 bridgehead atoms. The molecule has 0 radical (unpaired) electrons. The second-order valence-corrected chi connectivity index (χ2v) is 9.49. The van der Waals surface area contributed by atoms with Crippen molar-refractivity contribution in [2.75, 3.05) is 4.90 Å². The van der Waals surface area contributed by atoms with Gasteiger partial charge in [-0.25, -0.2) is 0 Å².